The molecule has 25 heavy (non-hydrogen) atoms. The molecule has 0 aliphatic rings. The number of hydrogen-bond acceptors (Lipinski definition) is 3. The van der Waals surface area contributed by atoms with Gasteiger partial charge in [0.1, 0.15) is 0 Å². The van der Waals surface area contributed by atoms with Crippen molar-refractivity contribution in [2.45, 2.75) is 6.18 Å². The van der Waals surface area contributed by atoms with E-state index in [4.69, 9.17) is 0 Å². The predicted octanol–water partition coefficient (Wildman–Crippen LogP) is 4.41. The number of hydrogen-bond donors (Lipinski definition) is 1. The molecule has 0 saturated heterocycles. The van der Waals surface area contributed by atoms with E-state index in [1.54, 1.807) is 0 Å². The Bertz CT molecular complexity index is 861. The lowest BCUT2D eigenvalue weighted by Gasteiger charge is -2.08. The second kappa shape index (κ2) is 6.72. The van der Waals surface area contributed by atoms with Crippen LogP contribution in [0, 0.1) is 0 Å². The first-order chi connectivity index (χ1) is 11.9. The zero-order valence-electron chi connectivity index (χ0n) is 12.8. The minimum Gasteiger partial charge on any atom is -0.319 e. The van der Waals surface area contributed by atoms with Gasteiger partial charge in [-0.1, -0.05) is 30.3 Å². The number of halogens is 3. The van der Waals surface area contributed by atoms with Crippen LogP contribution in [0.4, 0.5) is 18.9 Å². The van der Waals surface area contributed by atoms with E-state index in [9.17, 15) is 18.0 Å². The Labute approximate surface area is 141 Å². The molecule has 3 rings (SSSR count). The average molecular weight is 343 g/mol. The van der Waals surface area contributed by atoms with Gasteiger partial charge in [-0.25, -0.2) is 9.97 Å². The van der Waals surface area contributed by atoms with Crippen LogP contribution in [0.2, 0.25) is 0 Å². The van der Waals surface area contributed by atoms with Crippen LogP contribution >= 0.6 is 0 Å². The SMILES string of the molecule is O=C(Nc1cnc(-c2ccccc2)nc1)c1ccc(C(F)(F)F)cc1. The van der Waals surface area contributed by atoms with E-state index in [0.717, 1.165) is 29.8 Å². The van der Waals surface area contributed by atoms with Gasteiger partial charge in [0.05, 0.1) is 23.6 Å². The predicted molar refractivity (Wildman–Crippen MR) is 86.9 cm³/mol. The molecule has 0 fully saturated rings. The number of nitrogens with zero attached hydrogens (tertiary/aromatic N) is 2. The molecule has 2 aromatic carbocycles. The van der Waals surface area contributed by atoms with Gasteiger partial charge < -0.3 is 5.32 Å². The van der Waals surface area contributed by atoms with Crippen LogP contribution in [0.25, 0.3) is 11.4 Å². The van der Waals surface area contributed by atoms with Gasteiger partial charge >= 0.3 is 6.18 Å². The molecule has 1 amide bonds. The van der Waals surface area contributed by atoms with E-state index in [-0.39, 0.29) is 5.56 Å². The summed E-state index contributed by atoms with van der Waals surface area (Å²) in [5.74, 6) is -0.0297. The molecule has 0 aliphatic carbocycles. The molecule has 4 nitrogen and oxygen atoms in total. The highest BCUT2D eigenvalue weighted by Gasteiger charge is 2.30. The number of alkyl halides is 3. The fourth-order valence-corrected chi connectivity index (χ4v) is 2.14. The summed E-state index contributed by atoms with van der Waals surface area (Å²) in [4.78, 5) is 20.4. The Kier molecular flexibility index (Phi) is 4.47. The van der Waals surface area contributed by atoms with Crippen molar-refractivity contribution in [3.8, 4) is 11.4 Å². The molecule has 1 aromatic heterocycles. The van der Waals surface area contributed by atoms with E-state index < -0.39 is 17.6 Å². The van der Waals surface area contributed by atoms with E-state index in [1.165, 1.54) is 12.4 Å². The molecular formula is C18H12F3N3O. The summed E-state index contributed by atoms with van der Waals surface area (Å²) in [7, 11) is 0. The van der Waals surface area contributed by atoms with Crippen LogP contribution in [0.3, 0.4) is 0 Å². The third kappa shape index (κ3) is 4.00. The first-order valence-corrected chi connectivity index (χ1v) is 7.29. The van der Waals surface area contributed by atoms with Crippen LogP contribution in [-0.2, 0) is 6.18 Å². The smallest absolute Gasteiger partial charge is 0.319 e. The van der Waals surface area contributed by atoms with E-state index in [2.05, 4.69) is 15.3 Å². The maximum Gasteiger partial charge on any atom is 0.416 e. The molecule has 0 unspecified atom stereocenters. The van der Waals surface area contributed by atoms with Crippen LogP contribution in [0.15, 0.2) is 67.0 Å². The van der Waals surface area contributed by atoms with Crippen molar-refractivity contribution in [2.24, 2.45) is 0 Å². The first-order valence-electron chi connectivity index (χ1n) is 7.29. The first kappa shape index (κ1) is 16.6. The number of benzene rings is 2. The summed E-state index contributed by atoms with van der Waals surface area (Å²) in [5, 5.41) is 2.55. The van der Waals surface area contributed by atoms with Gasteiger partial charge in [-0.3, -0.25) is 4.79 Å². The number of amides is 1. The molecule has 1 N–H and O–H groups in total. The van der Waals surface area contributed by atoms with E-state index in [0.29, 0.717) is 11.5 Å². The number of aromatic nitrogens is 2. The molecule has 0 radical (unpaired) electrons. The van der Waals surface area contributed by atoms with Crippen LogP contribution in [-0.4, -0.2) is 15.9 Å². The van der Waals surface area contributed by atoms with Gasteiger partial charge in [-0.2, -0.15) is 13.2 Å². The van der Waals surface area contributed by atoms with Crippen LogP contribution in [0.1, 0.15) is 15.9 Å². The highest BCUT2D eigenvalue weighted by atomic mass is 19.4. The molecule has 0 aliphatic heterocycles. The van der Waals surface area contributed by atoms with Gasteiger partial charge in [-0.05, 0) is 24.3 Å². The number of nitrogens with one attached hydrogen (secondary N) is 1. The molecule has 7 heteroatoms. The van der Waals surface area contributed by atoms with Crippen molar-refractivity contribution in [3.05, 3.63) is 78.1 Å². The maximum absolute atomic E-state index is 12.5. The number of carbonyl (C=O) groups is 1. The normalized spacial score (nSPS) is 11.2. The Morgan fingerprint density at radius 1 is 0.880 bits per heavy atom. The molecule has 126 valence electrons. The largest absolute Gasteiger partial charge is 0.416 e. The molecule has 0 saturated carbocycles. The van der Waals surface area contributed by atoms with Crippen LogP contribution < -0.4 is 5.32 Å². The van der Waals surface area contributed by atoms with Gasteiger partial charge in [0.25, 0.3) is 5.91 Å². The number of rotatable bonds is 3. The van der Waals surface area contributed by atoms with Crippen molar-refractivity contribution in [1.29, 1.82) is 0 Å². The Hall–Kier alpha value is -3.22. The highest BCUT2D eigenvalue weighted by molar-refractivity contribution is 6.04. The topological polar surface area (TPSA) is 54.9 Å². The molecule has 1 heterocycles. The van der Waals surface area contributed by atoms with Gasteiger partial charge in [0.2, 0.25) is 0 Å². The van der Waals surface area contributed by atoms with Crippen molar-refractivity contribution in [3.63, 3.8) is 0 Å². The summed E-state index contributed by atoms with van der Waals surface area (Å²) < 4.78 is 37.6. The van der Waals surface area contributed by atoms with Crippen molar-refractivity contribution in [1.82, 2.24) is 9.97 Å². The summed E-state index contributed by atoms with van der Waals surface area (Å²) in [6.07, 6.45) is -1.55. The van der Waals surface area contributed by atoms with Gasteiger partial charge in [-0.15, -0.1) is 0 Å². The Balaban J connectivity index is 1.71. The lowest BCUT2D eigenvalue weighted by atomic mass is 10.1. The summed E-state index contributed by atoms with van der Waals surface area (Å²) in [6, 6.07) is 13.3. The monoisotopic (exact) mass is 343 g/mol. The zero-order valence-corrected chi connectivity index (χ0v) is 12.8. The van der Waals surface area contributed by atoms with Crippen molar-refractivity contribution < 1.29 is 18.0 Å². The highest BCUT2D eigenvalue weighted by Crippen LogP contribution is 2.29. The third-order valence-corrected chi connectivity index (χ3v) is 3.42. The number of anilines is 1. The van der Waals surface area contributed by atoms with Crippen molar-refractivity contribution in [2.75, 3.05) is 5.32 Å². The lowest BCUT2D eigenvalue weighted by molar-refractivity contribution is -0.137. The van der Waals surface area contributed by atoms with E-state index in [1.807, 2.05) is 30.3 Å². The molecular weight excluding hydrogens is 331 g/mol. The zero-order chi connectivity index (χ0) is 17.9. The second-order valence-electron chi connectivity index (χ2n) is 5.19. The van der Waals surface area contributed by atoms with Crippen LogP contribution in [0.5, 0.6) is 0 Å². The summed E-state index contributed by atoms with van der Waals surface area (Å²) in [5.41, 5.74) is 0.493. The Morgan fingerprint density at radius 2 is 1.48 bits per heavy atom. The number of carbonyl (C=O) groups excluding carboxylic acids is 1. The second-order valence-corrected chi connectivity index (χ2v) is 5.19. The third-order valence-electron chi connectivity index (χ3n) is 3.42. The maximum atomic E-state index is 12.5. The lowest BCUT2D eigenvalue weighted by Crippen LogP contribution is -2.13. The standard InChI is InChI=1S/C18H12F3N3O/c19-18(20,21)14-8-6-13(7-9-14)17(25)24-15-10-22-16(23-11-15)12-4-2-1-3-5-12/h1-11H,(H,24,25). The molecule has 0 spiro atoms. The quantitative estimate of drug-likeness (QED) is 0.766. The average Bonchev–Trinajstić information content (AvgIpc) is 2.62. The fraction of sp³-hybridized carbons (Fsp3) is 0.0556. The summed E-state index contributed by atoms with van der Waals surface area (Å²) >= 11 is 0. The summed E-state index contributed by atoms with van der Waals surface area (Å²) in [6.45, 7) is 0. The molecule has 0 bridgehead atoms. The fourth-order valence-electron chi connectivity index (χ4n) is 2.14. The van der Waals surface area contributed by atoms with Gasteiger partial charge in [0.15, 0.2) is 5.82 Å². The van der Waals surface area contributed by atoms with Gasteiger partial charge in [0, 0.05) is 11.1 Å². The minimum absolute atomic E-state index is 0.111. The van der Waals surface area contributed by atoms with Crippen molar-refractivity contribution >= 4 is 11.6 Å². The Morgan fingerprint density at radius 3 is 2.04 bits per heavy atom. The van der Waals surface area contributed by atoms with E-state index >= 15 is 0 Å². The minimum atomic E-state index is -4.43. The molecule has 3 aromatic rings. The molecule has 0 atom stereocenters.